The average molecular weight is 465 g/mol. The number of sulfonamides is 1. The molecule has 1 aliphatic carbocycles. The summed E-state index contributed by atoms with van der Waals surface area (Å²) in [5.74, 6) is -1.26. The van der Waals surface area contributed by atoms with Gasteiger partial charge in [-0.2, -0.15) is 0 Å². The van der Waals surface area contributed by atoms with Crippen LogP contribution in [0.15, 0.2) is 53.4 Å². The van der Waals surface area contributed by atoms with Crippen molar-refractivity contribution in [1.29, 1.82) is 0 Å². The Morgan fingerprint density at radius 1 is 1.06 bits per heavy atom. The SMILES string of the molecule is C[C@H]1C[C@H]1C(=O)NCC(=O)NNC(=O)c1cccc(S(=O)(=O)Nc2cccc(Cl)c2)c1. The standard InChI is InChI=1S/C20H21ClN4O5S/c1-12-8-17(12)20(28)22-11-18(26)23-24-19(27)13-4-2-7-16(9-13)31(29,30)25-15-6-3-5-14(21)10-15/h2-7,9-10,12,17,25H,8,11H2,1H3,(H,22,28)(H,23,26)(H,24,27)/t12-,17+/m0/s1. The Hall–Kier alpha value is -3.11. The van der Waals surface area contributed by atoms with E-state index in [4.69, 9.17) is 11.6 Å². The highest BCUT2D eigenvalue weighted by Crippen LogP contribution is 2.37. The van der Waals surface area contributed by atoms with Crippen molar-refractivity contribution in [1.82, 2.24) is 16.2 Å². The van der Waals surface area contributed by atoms with E-state index in [1.807, 2.05) is 6.92 Å². The fourth-order valence-electron chi connectivity index (χ4n) is 2.80. The number of carbonyl (C=O) groups is 3. The number of carbonyl (C=O) groups excluding carboxylic acids is 3. The fourth-order valence-corrected chi connectivity index (χ4v) is 4.08. The predicted octanol–water partition coefficient (Wildman–Crippen LogP) is 1.67. The van der Waals surface area contributed by atoms with Crippen LogP contribution in [0.3, 0.4) is 0 Å². The number of hydrogen-bond acceptors (Lipinski definition) is 5. The molecule has 0 saturated heterocycles. The first-order valence-electron chi connectivity index (χ1n) is 9.41. The van der Waals surface area contributed by atoms with Crippen LogP contribution in [0, 0.1) is 11.8 Å². The van der Waals surface area contributed by atoms with Gasteiger partial charge in [0.05, 0.1) is 17.1 Å². The van der Waals surface area contributed by atoms with Gasteiger partial charge in [0, 0.05) is 16.5 Å². The van der Waals surface area contributed by atoms with Crippen molar-refractivity contribution in [3.63, 3.8) is 0 Å². The molecule has 0 aliphatic heterocycles. The van der Waals surface area contributed by atoms with Gasteiger partial charge in [0.1, 0.15) is 0 Å². The molecule has 0 spiro atoms. The summed E-state index contributed by atoms with van der Waals surface area (Å²) in [5, 5.41) is 2.86. The number of rotatable bonds is 7. The molecule has 31 heavy (non-hydrogen) atoms. The van der Waals surface area contributed by atoms with E-state index in [1.54, 1.807) is 12.1 Å². The largest absolute Gasteiger partial charge is 0.347 e. The quantitative estimate of drug-likeness (QED) is 0.462. The van der Waals surface area contributed by atoms with Crippen LogP contribution in [0.1, 0.15) is 23.7 Å². The van der Waals surface area contributed by atoms with E-state index in [0.717, 1.165) is 6.42 Å². The summed E-state index contributed by atoms with van der Waals surface area (Å²) in [6.07, 6.45) is 0.801. The van der Waals surface area contributed by atoms with E-state index in [1.165, 1.54) is 36.4 Å². The topological polar surface area (TPSA) is 133 Å². The summed E-state index contributed by atoms with van der Waals surface area (Å²) in [5.41, 5.74) is 4.66. The molecule has 0 heterocycles. The second-order valence-corrected chi connectivity index (χ2v) is 9.30. The highest BCUT2D eigenvalue weighted by atomic mass is 35.5. The normalized spacial score (nSPS) is 17.4. The zero-order valence-electron chi connectivity index (χ0n) is 16.5. The molecule has 0 radical (unpaired) electrons. The summed E-state index contributed by atoms with van der Waals surface area (Å²) >= 11 is 5.87. The number of benzene rings is 2. The molecule has 9 nitrogen and oxygen atoms in total. The lowest BCUT2D eigenvalue weighted by molar-refractivity contribution is -0.127. The van der Waals surface area contributed by atoms with Gasteiger partial charge in [0.2, 0.25) is 5.91 Å². The first-order chi connectivity index (χ1) is 14.7. The fraction of sp³-hybridized carbons (Fsp3) is 0.250. The Morgan fingerprint density at radius 3 is 2.45 bits per heavy atom. The molecule has 1 saturated carbocycles. The van der Waals surface area contributed by atoms with Crippen LogP contribution in [0.5, 0.6) is 0 Å². The van der Waals surface area contributed by atoms with Crippen molar-refractivity contribution in [2.24, 2.45) is 11.8 Å². The molecular weight excluding hydrogens is 444 g/mol. The minimum absolute atomic E-state index is 0.0186. The van der Waals surface area contributed by atoms with Gasteiger partial charge in [-0.15, -0.1) is 0 Å². The number of amides is 3. The van der Waals surface area contributed by atoms with Crippen LogP contribution in [0.25, 0.3) is 0 Å². The van der Waals surface area contributed by atoms with Gasteiger partial charge in [0.15, 0.2) is 0 Å². The van der Waals surface area contributed by atoms with Crippen LogP contribution in [0.4, 0.5) is 5.69 Å². The molecule has 1 aliphatic rings. The molecule has 1 fully saturated rings. The van der Waals surface area contributed by atoms with Crippen molar-refractivity contribution in [3.05, 3.63) is 59.1 Å². The lowest BCUT2D eigenvalue weighted by Crippen LogP contribution is -2.46. The third kappa shape index (κ3) is 6.19. The van der Waals surface area contributed by atoms with Crippen molar-refractivity contribution in [3.8, 4) is 0 Å². The molecule has 3 rings (SSSR count). The molecule has 3 amide bonds. The first-order valence-corrected chi connectivity index (χ1v) is 11.3. The minimum Gasteiger partial charge on any atom is -0.347 e. The van der Waals surface area contributed by atoms with Crippen molar-refractivity contribution in [2.75, 3.05) is 11.3 Å². The van der Waals surface area contributed by atoms with Crippen LogP contribution in [0.2, 0.25) is 5.02 Å². The minimum atomic E-state index is -3.97. The van der Waals surface area contributed by atoms with E-state index >= 15 is 0 Å². The zero-order chi connectivity index (χ0) is 22.6. The van der Waals surface area contributed by atoms with E-state index in [-0.39, 0.29) is 34.5 Å². The lowest BCUT2D eigenvalue weighted by Gasteiger charge is -2.11. The second-order valence-electron chi connectivity index (χ2n) is 7.18. The first kappa shape index (κ1) is 22.6. The average Bonchev–Trinajstić information content (AvgIpc) is 3.46. The third-order valence-electron chi connectivity index (χ3n) is 4.67. The highest BCUT2D eigenvalue weighted by Gasteiger charge is 2.38. The van der Waals surface area contributed by atoms with Gasteiger partial charge in [-0.1, -0.05) is 30.7 Å². The highest BCUT2D eigenvalue weighted by molar-refractivity contribution is 7.92. The Labute approximate surface area is 184 Å². The molecule has 164 valence electrons. The Balaban J connectivity index is 1.56. The molecule has 4 N–H and O–H groups in total. The molecule has 2 aromatic carbocycles. The number of hydrogen-bond donors (Lipinski definition) is 4. The number of nitrogens with one attached hydrogen (secondary N) is 4. The maximum absolute atomic E-state index is 12.6. The summed E-state index contributed by atoms with van der Waals surface area (Å²) < 4.78 is 27.6. The molecule has 0 aromatic heterocycles. The summed E-state index contributed by atoms with van der Waals surface area (Å²) in [6.45, 7) is 1.67. The van der Waals surface area contributed by atoms with Crippen molar-refractivity contribution < 1.29 is 22.8 Å². The predicted molar refractivity (Wildman–Crippen MR) is 115 cm³/mol. The van der Waals surface area contributed by atoms with Crippen molar-refractivity contribution in [2.45, 2.75) is 18.2 Å². The van der Waals surface area contributed by atoms with E-state index in [0.29, 0.717) is 10.9 Å². The third-order valence-corrected chi connectivity index (χ3v) is 6.28. The van der Waals surface area contributed by atoms with E-state index < -0.39 is 21.8 Å². The molecule has 2 aromatic rings. The zero-order valence-corrected chi connectivity index (χ0v) is 18.1. The van der Waals surface area contributed by atoms with Gasteiger partial charge in [-0.25, -0.2) is 8.42 Å². The van der Waals surface area contributed by atoms with Crippen molar-refractivity contribution >= 4 is 45.0 Å². The second kappa shape index (κ2) is 9.36. The smallest absolute Gasteiger partial charge is 0.269 e. The molecule has 0 bridgehead atoms. The van der Waals surface area contributed by atoms with E-state index in [9.17, 15) is 22.8 Å². The molecular formula is C20H21ClN4O5S. The molecule has 0 unspecified atom stereocenters. The maximum atomic E-state index is 12.6. The Morgan fingerprint density at radius 2 is 1.77 bits per heavy atom. The van der Waals surface area contributed by atoms with Crippen LogP contribution >= 0.6 is 11.6 Å². The van der Waals surface area contributed by atoms with Gasteiger partial charge in [-0.3, -0.25) is 30.0 Å². The summed E-state index contributed by atoms with van der Waals surface area (Å²) in [6, 6.07) is 11.5. The molecule has 2 atom stereocenters. The van der Waals surface area contributed by atoms with Gasteiger partial charge < -0.3 is 5.32 Å². The number of halogens is 1. The number of hydrazine groups is 1. The van der Waals surface area contributed by atoms with Crippen LogP contribution in [-0.2, 0) is 19.6 Å². The van der Waals surface area contributed by atoms with E-state index in [2.05, 4.69) is 20.9 Å². The Kier molecular flexibility index (Phi) is 6.81. The molecule has 11 heteroatoms. The van der Waals surface area contributed by atoms with Crippen LogP contribution < -0.4 is 20.9 Å². The summed E-state index contributed by atoms with van der Waals surface area (Å²) in [4.78, 5) is 35.7. The monoisotopic (exact) mass is 464 g/mol. The number of anilines is 1. The Bertz CT molecular complexity index is 1120. The van der Waals surface area contributed by atoms with Gasteiger partial charge >= 0.3 is 0 Å². The van der Waals surface area contributed by atoms with Gasteiger partial charge in [0.25, 0.3) is 21.8 Å². The lowest BCUT2D eigenvalue weighted by atomic mass is 10.2. The van der Waals surface area contributed by atoms with Crippen LogP contribution in [-0.4, -0.2) is 32.7 Å². The summed E-state index contributed by atoms with van der Waals surface area (Å²) in [7, 11) is -3.97. The maximum Gasteiger partial charge on any atom is 0.269 e. The van der Waals surface area contributed by atoms with Gasteiger partial charge in [-0.05, 0) is 48.7 Å².